The lowest BCUT2D eigenvalue weighted by Crippen LogP contribution is -2.15. The van der Waals surface area contributed by atoms with Gasteiger partial charge in [-0.3, -0.25) is 4.79 Å². The first kappa shape index (κ1) is 23.7. The van der Waals surface area contributed by atoms with E-state index in [-0.39, 0.29) is 11.7 Å². The molecule has 0 saturated heterocycles. The summed E-state index contributed by atoms with van der Waals surface area (Å²) in [5, 5.41) is 3.63. The largest absolute Gasteiger partial charge is 0.495 e. The second-order valence-electron chi connectivity index (χ2n) is 8.02. The third-order valence-electron chi connectivity index (χ3n) is 5.62. The summed E-state index contributed by atoms with van der Waals surface area (Å²) in [5.41, 5.74) is 3.40. The minimum atomic E-state index is -0.156. The molecular weight excluding hydrogens is 474 g/mol. The molecule has 1 aliphatic rings. The van der Waals surface area contributed by atoms with Crippen LogP contribution in [0.5, 0.6) is 23.1 Å². The van der Waals surface area contributed by atoms with Gasteiger partial charge in [0.25, 0.3) is 0 Å². The molecule has 4 aromatic rings. The van der Waals surface area contributed by atoms with E-state index in [2.05, 4.69) is 5.32 Å². The smallest absolute Gasteiger partial charge is 0.234 e. The number of hydrogen-bond acceptors (Lipinski definition) is 7. The zero-order valence-corrected chi connectivity index (χ0v) is 20.8. The SMILES string of the molecule is CCOc1ccc(-c2nc3c(c(SCC(=O)Nc4ccccc4OC)n2)Cc2ccccc2O3)cc1. The summed E-state index contributed by atoms with van der Waals surface area (Å²) in [7, 11) is 1.58. The van der Waals surface area contributed by atoms with Crippen molar-refractivity contribution < 1.29 is 19.0 Å². The Morgan fingerprint density at radius 2 is 1.81 bits per heavy atom. The number of ether oxygens (including phenoxy) is 3. The van der Waals surface area contributed by atoms with Gasteiger partial charge in [0, 0.05) is 12.0 Å². The number of nitrogens with one attached hydrogen (secondary N) is 1. The molecule has 0 fully saturated rings. The van der Waals surface area contributed by atoms with E-state index >= 15 is 0 Å². The van der Waals surface area contributed by atoms with Gasteiger partial charge in [-0.25, -0.2) is 4.98 Å². The highest BCUT2D eigenvalue weighted by Crippen LogP contribution is 2.40. The Hall–Kier alpha value is -4.04. The van der Waals surface area contributed by atoms with E-state index in [9.17, 15) is 4.79 Å². The predicted molar refractivity (Wildman–Crippen MR) is 140 cm³/mol. The molecule has 8 heteroatoms. The molecule has 3 aromatic carbocycles. The summed E-state index contributed by atoms with van der Waals surface area (Å²) >= 11 is 1.36. The Kier molecular flexibility index (Phi) is 7.04. The van der Waals surface area contributed by atoms with Gasteiger partial charge < -0.3 is 19.5 Å². The summed E-state index contributed by atoms with van der Waals surface area (Å²) < 4.78 is 17.1. The van der Waals surface area contributed by atoms with Crippen LogP contribution < -0.4 is 19.5 Å². The molecule has 0 aliphatic carbocycles. The average molecular weight is 500 g/mol. The first-order valence-electron chi connectivity index (χ1n) is 11.6. The van der Waals surface area contributed by atoms with Crippen LogP contribution in [0.4, 0.5) is 5.69 Å². The van der Waals surface area contributed by atoms with Crippen LogP contribution in [0.15, 0.2) is 77.8 Å². The molecule has 0 radical (unpaired) electrons. The summed E-state index contributed by atoms with van der Waals surface area (Å²) in [6.45, 7) is 2.54. The molecule has 5 rings (SSSR count). The first-order chi connectivity index (χ1) is 17.6. The van der Waals surface area contributed by atoms with Crippen molar-refractivity contribution in [3.63, 3.8) is 0 Å². The average Bonchev–Trinajstić information content (AvgIpc) is 2.91. The van der Waals surface area contributed by atoms with Gasteiger partial charge in [0.1, 0.15) is 22.3 Å². The van der Waals surface area contributed by atoms with Gasteiger partial charge in [-0.1, -0.05) is 42.1 Å². The number of anilines is 1. The van der Waals surface area contributed by atoms with Crippen LogP contribution in [-0.4, -0.2) is 35.3 Å². The number of nitrogens with zero attached hydrogens (tertiary/aromatic N) is 2. The van der Waals surface area contributed by atoms with Crippen molar-refractivity contribution in [2.75, 3.05) is 24.8 Å². The highest BCUT2D eigenvalue weighted by molar-refractivity contribution is 8.00. The van der Waals surface area contributed by atoms with E-state index in [1.807, 2.05) is 73.7 Å². The molecule has 0 unspecified atom stereocenters. The number of amides is 1. The lowest BCUT2D eigenvalue weighted by Gasteiger charge is -2.21. The Labute approximate surface area is 213 Å². The molecule has 0 spiro atoms. The molecule has 182 valence electrons. The summed E-state index contributed by atoms with van der Waals surface area (Å²) in [5.74, 6) is 3.24. The number of carbonyl (C=O) groups excluding carboxylic acids is 1. The number of aromatic nitrogens is 2. The number of carbonyl (C=O) groups is 1. The third-order valence-corrected chi connectivity index (χ3v) is 6.64. The third kappa shape index (κ3) is 5.13. The summed E-state index contributed by atoms with van der Waals surface area (Å²) in [6, 6.07) is 22.8. The van der Waals surface area contributed by atoms with Crippen LogP contribution in [0.1, 0.15) is 18.1 Å². The number of para-hydroxylation sites is 3. The molecule has 1 aliphatic heterocycles. The van der Waals surface area contributed by atoms with E-state index in [0.29, 0.717) is 41.2 Å². The van der Waals surface area contributed by atoms with E-state index in [1.165, 1.54) is 11.8 Å². The molecule has 7 nitrogen and oxygen atoms in total. The highest BCUT2D eigenvalue weighted by atomic mass is 32.2. The fraction of sp³-hybridized carbons (Fsp3) is 0.179. The van der Waals surface area contributed by atoms with Crippen LogP contribution in [-0.2, 0) is 11.2 Å². The molecule has 0 bridgehead atoms. The molecular formula is C28H25N3O4S. The normalized spacial score (nSPS) is 11.6. The van der Waals surface area contributed by atoms with Gasteiger partial charge in [-0.15, -0.1) is 0 Å². The Morgan fingerprint density at radius 3 is 2.61 bits per heavy atom. The van der Waals surface area contributed by atoms with Crippen molar-refractivity contribution >= 4 is 23.4 Å². The maximum atomic E-state index is 12.8. The maximum Gasteiger partial charge on any atom is 0.234 e. The van der Waals surface area contributed by atoms with E-state index in [0.717, 1.165) is 28.2 Å². The molecule has 0 atom stereocenters. The molecule has 1 aromatic heterocycles. The number of rotatable bonds is 8. The quantitative estimate of drug-likeness (QED) is 0.208. The minimum absolute atomic E-state index is 0.156. The van der Waals surface area contributed by atoms with Crippen molar-refractivity contribution in [3.05, 3.63) is 83.9 Å². The van der Waals surface area contributed by atoms with Crippen molar-refractivity contribution in [1.82, 2.24) is 9.97 Å². The van der Waals surface area contributed by atoms with Crippen molar-refractivity contribution in [2.45, 2.75) is 18.4 Å². The summed E-state index contributed by atoms with van der Waals surface area (Å²) in [6.07, 6.45) is 0.630. The zero-order valence-electron chi connectivity index (χ0n) is 20.0. The van der Waals surface area contributed by atoms with Crippen LogP contribution in [0, 0.1) is 0 Å². The second kappa shape index (κ2) is 10.7. The minimum Gasteiger partial charge on any atom is -0.495 e. The molecule has 2 heterocycles. The van der Waals surface area contributed by atoms with Crippen LogP contribution in [0.3, 0.4) is 0 Å². The van der Waals surface area contributed by atoms with Crippen LogP contribution in [0.25, 0.3) is 11.4 Å². The molecule has 1 N–H and O–H groups in total. The Morgan fingerprint density at radius 1 is 1.03 bits per heavy atom. The lowest BCUT2D eigenvalue weighted by molar-refractivity contribution is -0.113. The fourth-order valence-corrected chi connectivity index (χ4v) is 4.73. The number of thioether (sulfide) groups is 1. The van der Waals surface area contributed by atoms with E-state index < -0.39 is 0 Å². The van der Waals surface area contributed by atoms with Crippen molar-refractivity contribution in [2.24, 2.45) is 0 Å². The lowest BCUT2D eigenvalue weighted by atomic mass is 10.0. The van der Waals surface area contributed by atoms with Gasteiger partial charge in [0.15, 0.2) is 5.82 Å². The molecule has 1 amide bonds. The van der Waals surface area contributed by atoms with Gasteiger partial charge in [-0.05, 0) is 55.0 Å². The number of fused-ring (bicyclic) bond motifs is 2. The first-order valence-corrected chi connectivity index (χ1v) is 12.6. The van der Waals surface area contributed by atoms with E-state index in [4.69, 9.17) is 24.2 Å². The fourth-order valence-electron chi connectivity index (χ4n) is 3.91. The number of hydrogen-bond donors (Lipinski definition) is 1. The van der Waals surface area contributed by atoms with E-state index in [1.54, 1.807) is 13.2 Å². The topological polar surface area (TPSA) is 82.6 Å². The highest BCUT2D eigenvalue weighted by Gasteiger charge is 2.24. The molecule has 36 heavy (non-hydrogen) atoms. The Bertz CT molecular complexity index is 1390. The zero-order chi connectivity index (χ0) is 24.9. The molecule has 0 saturated carbocycles. The van der Waals surface area contributed by atoms with Gasteiger partial charge in [0.2, 0.25) is 11.8 Å². The van der Waals surface area contributed by atoms with Crippen LogP contribution in [0.2, 0.25) is 0 Å². The Balaban J connectivity index is 1.43. The van der Waals surface area contributed by atoms with Crippen LogP contribution >= 0.6 is 11.8 Å². The predicted octanol–water partition coefficient (Wildman–Crippen LogP) is 5.98. The van der Waals surface area contributed by atoms with Crippen molar-refractivity contribution in [3.8, 4) is 34.5 Å². The monoisotopic (exact) mass is 499 g/mol. The van der Waals surface area contributed by atoms with Gasteiger partial charge in [0.05, 0.1) is 30.7 Å². The standard InChI is InChI=1S/C28H25N3O4S/c1-3-34-20-14-12-18(13-15-20)26-30-27-21(16-19-8-4-6-10-23(19)35-27)28(31-26)36-17-25(32)29-22-9-5-7-11-24(22)33-2/h4-15H,3,16-17H2,1-2H3,(H,29,32). The summed E-state index contributed by atoms with van der Waals surface area (Å²) in [4.78, 5) is 22.4. The number of methoxy groups -OCH3 is 1. The van der Waals surface area contributed by atoms with Crippen molar-refractivity contribution in [1.29, 1.82) is 0 Å². The maximum absolute atomic E-state index is 12.8. The van der Waals surface area contributed by atoms with Gasteiger partial charge >= 0.3 is 0 Å². The second-order valence-corrected chi connectivity index (χ2v) is 8.98. The number of benzene rings is 3. The van der Waals surface area contributed by atoms with Gasteiger partial charge in [-0.2, -0.15) is 4.98 Å².